The van der Waals surface area contributed by atoms with Crippen molar-refractivity contribution in [1.82, 2.24) is 24.5 Å². The average molecular weight is 511 g/mol. The van der Waals surface area contributed by atoms with Crippen LogP contribution in [0.2, 0.25) is 0 Å². The molecule has 11 nitrogen and oxygen atoms in total. The molecule has 36 heavy (non-hydrogen) atoms. The highest BCUT2D eigenvalue weighted by atomic mass is 32.2. The topological polar surface area (TPSA) is 137 Å². The predicted octanol–water partition coefficient (Wildman–Crippen LogP) is 2.90. The second-order valence-electron chi connectivity index (χ2n) is 7.76. The van der Waals surface area contributed by atoms with E-state index in [2.05, 4.69) is 25.3 Å². The Labute approximate surface area is 208 Å². The lowest BCUT2D eigenvalue weighted by Gasteiger charge is -2.09. The number of nitrogens with one attached hydrogen (secondary N) is 2. The summed E-state index contributed by atoms with van der Waals surface area (Å²) in [5, 5.41) is 15.5. The Bertz CT molecular complexity index is 1440. The minimum absolute atomic E-state index is 0.0323. The van der Waals surface area contributed by atoms with Crippen LogP contribution in [0.1, 0.15) is 19.8 Å². The van der Waals surface area contributed by atoms with Crippen molar-refractivity contribution in [2.24, 2.45) is 0 Å². The maximum atomic E-state index is 12.6. The number of hydrogen-bond donors (Lipinski definition) is 2. The maximum Gasteiger partial charge on any atom is 0.240 e. The number of sulfonamides is 1. The van der Waals surface area contributed by atoms with E-state index in [4.69, 9.17) is 9.47 Å². The highest BCUT2D eigenvalue weighted by Crippen LogP contribution is 2.22. The molecule has 0 aliphatic heterocycles. The number of ether oxygens (including phenoxy) is 2. The Hall–Kier alpha value is -4.03. The van der Waals surface area contributed by atoms with Crippen LogP contribution in [0.3, 0.4) is 0 Å². The molecule has 0 spiro atoms. The highest BCUT2D eigenvalue weighted by Gasteiger charge is 2.14. The lowest BCUT2D eigenvalue weighted by Crippen LogP contribution is -2.28. The maximum absolute atomic E-state index is 12.6. The van der Waals surface area contributed by atoms with E-state index < -0.39 is 10.0 Å². The van der Waals surface area contributed by atoms with E-state index in [0.717, 1.165) is 17.7 Å². The van der Waals surface area contributed by atoms with Crippen LogP contribution in [0.4, 0.5) is 5.69 Å². The van der Waals surface area contributed by atoms with Gasteiger partial charge in [0.2, 0.25) is 21.8 Å². The first-order chi connectivity index (χ1) is 17.4. The minimum atomic E-state index is -3.74. The minimum Gasteiger partial charge on any atom is -0.497 e. The van der Waals surface area contributed by atoms with Crippen LogP contribution in [0, 0.1) is 0 Å². The number of methoxy groups -OCH3 is 1. The third-order valence-corrected chi connectivity index (χ3v) is 6.63. The number of amides is 1. The molecule has 2 heterocycles. The summed E-state index contributed by atoms with van der Waals surface area (Å²) in [6.45, 7) is 2.00. The Balaban J connectivity index is 1.35. The molecule has 0 atom stereocenters. The van der Waals surface area contributed by atoms with Gasteiger partial charge in [-0.15, -0.1) is 15.3 Å². The summed E-state index contributed by atoms with van der Waals surface area (Å²) in [5.74, 6) is 1.44. The van der Waals surface area contributed by atoms with Crippen molar-refractivity contribution in [2.75, 3.05) is 25.6 Å². The van der Waals surface area contributed by atoms with Crippen molar-refractivity contribution in [3.05, 3.63) is 60.7 Å². The van der Waals surface area contributed by atoms with Crippen LogP contribution in [0.25, 0.3) is 17.0 Å². The molecule has 0 fully saturated rings. The molecule has 0 aliphatic carbocycles. The van der Waals surface area contributed by atoms with E-state index in [9.17, 15) is 13.2 Å². The fraction of sp³-hybridized carbons (Fsp3) is 0.250. The number of carbonyl (C=O) groups is 1. The second-order valence-corrected chi connectivity index (χ2v) is 9.53. The molecule has 2 N–H and O–H groups in total. The molecule has 12 heteroatoms. The van der Waals surface area contributed by atoms with Gasteiger partial charge in [0.05, 0.1) is 12.0 Å². The van der Waals surface area contributed by atoms with Crippen molar-refractivity contribution in [3.63, 3.8) is 0 Å². The number of benzene rings is 2. The molecule has 0 unspecified atom stereocenters. The van der Waals surface area contributed by atoms with Gasteiger partial charge in [-0.1, -0.05) is 6.92 Å². The van der Waals surface area contributed by atoms with E-state index >= 15 is 0 Å². The highest BCUT2D eigenvalue weighted by molar-refractivity contribution is 7.89. The van der Waals surface area contributed by atoms with Gasteiger partial charge in [0.15, 0.2) is 11.5 Å². The molecule has 2 aromatic heterocycles. The molecule has 0 bridgehead atoms. The summed E-state index contributed by atoms with van der Waals surface area (Å²) in [7, 11) is -2.15. The summed E-state index contributed by atoms with van der Waals surface area (Å²) >= 11 is 0. The van der Waals surface area contributed by atoms with Gasteiger partial charge in [-0.25, -0.2) is 13.1 Å². The van der Waals surface area contributed by atoms with Crippen molar-refractivity contribution in [1.29, 1.82) is 0 Å². The van der Waals surface area contributed by atoms with Crippen LogP contribution in [-0.4, -0.2) is 54.4 Å². The third-order valence-electron chi connectivity index (χ3n) is 5.16. The molecule has 0 aliphatic rings. The molecule has 1 amide bonds. The third kappa shape index (κ3) is 5.96. The van der Waals surface area contributed by atoms with Crippen LogP contribution in [0.15, 0.2) is 65.6 Å². The fourth-order valence-electron chi connectivity index (χ4n) is 3.35. The first kappa shape index (κ1) is 25.1. The number of anilines is 1. The zero-order valence-corrected chi connectivity index (χ0v) is 20.7. The van der Waals surface area contributed by atoms with Gasteiger partial charge in [-0.3, -0.25) is 4.79 Å². The number of fused-ring (bicyclic) bond motifs is 1. The molecule has 0 radical (unpaired) electrons. The molecular formula is C24H26N6O5S. The number of rotatable bonds is 11. The van der Waals surface area contributed by atoms with Gasteiger partial charge in [-0.05, 0) is 61.0 Å². The van der Waals surface area contributed by atoms with E-state index in [1.807, 2.05) is 31.2 Å². The normalized spacial score (nSPS) is 11.4. The quantitative estimate of drug-likeness (QED) is 0.294. The summed E-state index contributed by atoms with van der Waals surface area (Å²) < 4.78 is 40.0. The Kier molecular flexibility index (Phi) is 7.76. The van der Waals surface area contributed by atoms with E-state index in [1.54, 1.807) is 35.9 Å². The van der Waals surface area contributed by atoms with Crippen LogP contribution in [-0.2, 0) is 14.8 Å². The fourth-order valence-corrected chi connectivity index (χ4v) is 4.37. The van der Waals surface area contributed by atoms with E-state index in [-0.39, 0.29) is 24.0 Å². The Morgan fingerprint density at radius 3 is 2.44 bits per heavy atom. The summed E-state index contributed by atoms with van der Waals surface area (Å²) in [4.78, 5) is 11.8. The summed E-state index contributed by atoms with van der Waals surface area (Å²) in [6, 6.07) is 16.7. The van der Waals surface area contributed by atoms with Gasteiger partial charge in [0.1, 0.15) is 12.4 Å². The number of aromatic nitrogens is 4. The standard InChI is InChI=1S/C24H26N6O5S/c1-3-4-22(31)26-18-7-11-20(12-8-18)36(32,33)25-15-16-35-23-14-13-21-27-28-24(30(21)29-23)17-5-9-19(34-2)10-6-17/h5-14,25H,3-4,15-16H2,1-2H3,(H,26,31). The first-order valence-corrected chi connectivity index (χ1v) is 12.8. The second kappa shape index (κ2) is 11.1. The lowest BCUT2D eigenvalue weighted by atomic mass is 10.2. The van der Waals surface area contributed by atoms with Crippen molar-refractivity contribution in [2.45, 2.75) is 24.7 Å². The van der Waals surface area contributed by atoms with Gasteiger partial charge in [0.25, 0.3) is 0 Å². The summed E-state index contributed by atoms with van der Waals surface area (Å²) in [6.07, 6.45) is 1.14. The van der Waals surface area contributed by atoms with Gasteiger partial charge in [0, 0.05) is 30.3 Å². The molecule has 0 saturated carbocycles. The molecule has 2 aromatic carbocycles. The lowest BCUT2D eigenvalue weighted by molar-refractivity contribution is -0.116. The molecule has 188 valence electrons. The van der Waals surface area contributed by atoms with Gasteiger partial charge >= 0.3 is 0 Å². The first-order valence-electron chi connectivity index (χ1n) is 11.3. The Morgan fingerprint density at radius 2 is 1.75 bits per heavy atom. The molecule has 4 rings (SSSR count). The SMILES string of the molecule is CCCC(=O)Nc1ccc(S(=O)(=O)NCCOc2ccc3nnc(-c4ccc(OC)cc4)n3n2)cc1. The molecule has 4 aromatic rings. The molecular weight excluding hydrogens is 484 g/mol. The van der Waals surface area contributed by atoms with Crippen molar-refractivity contribution >= 4 is 27.3 Å². The zero-order valence-electron chi connectivity index (χ0n) is 19.8. The largest absolute Gasteiger partial charge is 0.497 e. The number of hydrogen-bond acceptors (Lipinski definition) is 8. The van der Waals surface area contributed by atoms with E-state index in [0.29, 0.717) is 29.5 Å². The number of carbonyl (C=O) groups excluding carboxylic acids is 1. The van der Waals surface area contributed by atoms with E-state index in [1.165, 1.54) is 12.1 Å². The smallest absolute Gasteiger partial charge is 0.240 e. The predicted molar refractivity (Wildman–Crippen MR) is 133 cm³/mol. The monoisotopic (exact) mass is 510 g/mol. The summed E-state index contributed by atoms with van der Waals surface area (Å²) in [5.41, 5.74) is 1.89. The van der Waals surface area contributed by atoms with Gasteiger partial charge in [-0.2, -0.15) is 4.52 Å². The zero-order chi connectivity index (χ0) is 25.5. The van der Waals surface area contributed by atoms with Crippen molar-refractivity contribution < 1.29 is 22.7 Å². The Morgan fingerprint density at radius 1 is 1.00 bits per heavy atom. The van der Waals surface area contributed by atoms with Crippen molar-refractivity contribution in [3.8, 4) is 23.0 Å². The number of nitrogens with zero attached hydrogens (tertiary/aromatic N) is 4. The van der Waals surface area contributed by atoms with Crippen LogP contribution in [0.5, 0.6) is 11.6 Å². The molecule has 0 saturated heterocycles. The average Bonchev–Trinajstić information content (AvgIpc) is 3.30. The van der Waals surface area contributed by atoms with Gasteiger partial charge < -0.3 is 14.8 Å². The van der Waals surface area contributed by atoms with Crippen LogP contribution >= 0.6 is 0 Å². The van der Waals surface area contributed by atoms with Crippen LogP contribution < -0.4 is 19.5 Å².